The summed E-state index contributed by atoms with van der Waals surface area (Å²) in [6, 6.07) is 0.674. The molecule has 6 aliphatic rings. The van der Waals surface area contributed by atoms with Crippen molar-refractivity contribution in [2.24, 2.45) is 28.6 Å². The summed E-state index contributed by atoms with van der Waals surface area (Å²) in [5.74, 6) is 2.06. The molecule has 154 valence electrons. The van der Waals surface area contributed by atoms with Gasteiger partial charge < -0.3 is 14.5 Å². The number of likely N-dealkylation sites (tertiary alicyclic amines) is 3. The number of ether oxygens (including phenoxy) is 1. The number of piperidine rings is 1. The van der Waals surface area contributed by atoms with E-state index in [1.165, 1.54) is 32.1 Å². The van der Waals surface area contributed by atoms with E-state index >= 15 is 0 Å². The highest BCUT2D eigenvalue weighted by atomic mass is 16.6. The highest BCUT2D eigenvalue weighted by Crippen LogP contribution is 2.58. The molecule has 0 aromatic heterocycles. The molecule has 3 aliphatic carbocycles. The fourth-order valence-corrected chi connectivity index (χ4v) is 7.18. The maximum absolute atomic E-state index is 12.8. The van der Waals surface area contributed by atoms with Crippen molar-refractivity contribution in [1.29, 1.82) is 0 Å². The van der Waals surface area contributed by atoms with Crippen LogP contribution in [-0.2, 0) is 9.53 Å². The maximum atomic E-state index is 12.8. The van der Waals surface area contributed by atoms with Gasteiger partial charge in [-0.15, -0.1) is 0 Å². The van der Waals surface area contributed by atoms with Gasteiger partial charge in [0.2, 0.25) is 5.91 Å². The molecule has 0 N–H and O–H groups in total. The van der Waals surface area contributed by atoms with Gasteiger partial charge in [-0.05, 0) is 56.3 Å². The summed E-state index contributed by atoms with van der Waals surface area (Å²) in [6.07, 6.45) is 7.48. The zero-order valence-corrected chi connectivity index (χ0v) is 17.1. The van der Waals surface area contributed by atoms with Crippen LogP contribution >= 0.6 is 0 Å². The van der Waals surface area contributed by atoms with Crippen molar-refractivity contribution >= 4 is 12.0 Å². The van der Waals surface area contributed by atoms with E-state index in [0.29, 0.717) is 47.1 Å². The predicted molar refractivity (Wildman–Crippen MR) is 104 cm³/mol. The number of nitrogens with zero attached hydrogens (tertiary/aromatic N) is 3. The van der Waals surface area contributed by atoms with Crippen LogP contribution in [0.15, 0.2) is 0 Å². The summed E-state index contributed by atoms with van der Waals surface area (Å²) in [4.78, 5) is 31.5. The zero-order valence-electron chi connectivity index (χ0n) is 17.1. The number of hydrogen-bond donors (Lipinski definition) is 0. The van der Waals surface area contributed by atoms with Crippen LogP contribution in [0, 0.1) is 28.6 Å². The standard InChI is InChI=1S/C22H33N3O3/c1-2-28-20(27)23-7-6-22(14-23)8-15(9-22)24-10-16-17(11-24)18(16)19(26)25-12-21(13-25)4-3-5-21/h15-18H,2-14H2,1H3/t15?,16-,17+,18+,22?. The largest absolute Gasteiger partial charge is 0.450 e. The van der Waals surface area contributed by atoms with Crippen LogP contribution in [0.2, 0.25) is 0 Å². The lowest BCUT2D eigenvalue weighted by atomic mass is 9.63. The Morgan fingerprint density at radius 1 is 0.964 bits per heavy atom. The van der Waals surface area contributed by atoms with Crippen molar-refractivity contribution in [2.45, 2.75) is 51.5 Å². The number of hydrogen-bond acceptors (Lipinski definition) is 4. The molecule has 2 amide bonds. The van der Waals surface area contributed by atoms with Gasteiger partial charge in [-0.2, -0.15) is 0 Å². The molecule has 6 fully saturated rings. The van der Waals surface area contributed by atoms with Crippen molar-refractivity contribution in [3.63, 3.8) is 0 Å². The van der Waals surface area contributed by atoms with Gasteiger partial charge in [-0.3, -0.25) is 9.69 Å². The average molecular weight is 388 g/mol. The van der Waals surface area contributed by atoms with Gasteiger partial charge in [0, 0.05) is 56.6 Å². The summed E-state index contributed by atoms with van der Waals surface area (Å²) in [5, 5.41) is 0. The predicted octanol–water partition coefficient (Wildman–Crippen LogP) is 2.19. The summed E-state index contributed by atoms with van der Waals surface area (Å²) < 4.78 is 5.17. The van der Waals surface area contributed by atoms with Crippen molar-refractivity contribution in [2.75, 3.05) is 45.9 Å². The molecule has 3 saturated carbocycles. The first-order chi connectivity index (χ1) is 13.5. The second-order valence-corrected chi connectivity index (χ2v) is 10.8. The molecule has 0 bridgehead atoms. The highest BCUT2D eigenvalue weighted by Gasteiger charge is 2.64. The summed E-state index contributed by atoms with van der Waals surface area (Å²) in [5.41, 5.74) is 0.888. The molecular formula is C22H33N3O3. The topological polar surface area (TPSA) is 53.1 Å². The molecule has 0 aromatic rings. The maximum Gasteiger partial charge on any atom is 0.409 e. The van der Waals surface area contributed by atoms with Gasteiger partial charge in [0.1, 0.15) is 0 Å². The van der Waals surface area contributed by atoms with Crippen LogP contribution in [0.3, 0.4) is 0 Å². The van der Waals surface area contributed by atoms with Crippen LogP contribution in [0.1, 0.15) is 45.4 Å². The molecule has 6 rings (SSSR count). The minimum Gasteiger partial charge on any atom is -0.450 e. The Bertz CT molecular complexity index is 679. The summed E-state index contributed by atoms with van der Waals surface area (Å²) in [6.45, 7) is 8.41. The Hall–Kier alpha value is -1.30. The van der Waals surface area contributed by atoms with Gasteiger partial charge in [0.25, 0.3) is 0 Å². The fraction of sp³-hybridized carbons (Fsp3) is 0.909. The minimum atomic E-state index is -0.138. The summed E-state index contributed by atoms with van der Waals surface area (Å²) >= 11 is 0. The lowest BCUT2D eigenvalue weighted by molar-refractivity contribution is -0.152. The first-order valence-electron chi connectivity index (χ1n) is 11.5. The van der Waals surface area contributed by atoms with E-state index < -0.39 is 0 Å². The Kier molecular flexibility index (Phi) is 3.68. The van der Waals surface area contributed by atoms with Crippen LogP contribution in [0.25, 0.3) is 0 Å². The van der Waals surface area contributed by atoms with Crippen LogP contribution in [0.4, 0.5) is 4.79 Å². The molecule has 6 nitrogen and oxygen atoms in total. The van der Waals surface area contributed by atoms with Crippen molar-refractivity contribution in [3.8, 4) is 0 Å². The number of carbonyl (C=O) groups excluding carboxylic acids is 2. The van der Waals surface area contributed by atoms with E-state index in [-0.39, 0.29) is 6.09 Å². The van der Waals surface area contributed by atoms with E-state index in [2.05, 4.69) is 9.80 Å². The lowest BCUT2D eigenvalue weighted by Gasteiger charge is -2.56. The summed E-state index contributed by atoms with van der Waals surface area (Å²) in [7, 11) is 0. The molecule has 3 heterocycles. The minimum absolute atomic E-state index is 0.138. The Morgan fingerprint density at radius 2 is 1.64 bits per heavy atom. The van der Waals surface area contributed by atoms with Crippen molar-refractivity contribution in [3.05, 3.63) is 0 Å². The normalized spacial score (nSPS) is 42.8. The van der Waals surface area contributed by atoms with Gasteiger partial charge in [-0.25, -0.2) is 4.79 Å². The second-order valence-electron chi connectivity index (χ2n) is 10.8. The molecule has 0 radical (unpaired) electrons. The third kappa shape index (κ3) is 2.49. The Labute approximate surface area is 167 Å². The number of carbonyl (C=O) groups is 2. The molecule has 6 heteroatoms. The first kappa shape index (κ1) is 17.5. The third-order valence-electron chi connectivity index (χ3n) is 9.10. The number of amides is 2. The Balaban J connectivity index is 0.962. The number of fused-ring (bicyclic) bond motifs is 1. The fourth-order valence-electron chi connectivity index (χ4n) is 7.18. The van der Waals surface area contributed by atoms with E-state index in [0.717, 1.165) is 45.7 Å². The Morgan fingerprint density at radius 3 is 2.25 bits per heavy atom. The molecule has 2 spiro atoms. The highest BCUT2D eigenvalue weighted by molar-refractivity contribution is 5.83. The van der Waals surface area contributed by atoms with Gasteiger partial charge in [0.05, 0.1) is 6.61 Å². The van der Waals surface area contributed by atoms with Crippen molar-refractivity contribution < 1.29 is 14.3 Å². The first-order valence-corrected chi connectivity index (χ1v) is 11.5. The molecule has 0 aromatic carbocycles. The smallest absolute Gasteiger partial charge is 0.409 e. The van der Waals surface area contributed by atoms with Gasteiger partial charge >= 0.3 is 6.09 Å². The van der Waals surface area contributed by atoms with E-state index in [9.17, 15) is 9.59 Å². The van der Waals surface area contributed by atoms with Gasteiger partial charge in [-0.1, -0.05) is 6.42 Å². The number of rotatable bonds is 3. The monoisotopic (exact) mass is 387 g/mol. The van der Waals surface area contributed by atoms with E-state index in [1.54, 1.807) is 0 Å². The van der Waals surface area contributed by atoms with Crippen molar-refractivity contribution in [1.82, 2.24) is 14.7 Å². The average Bonchev–Trinajstić information content (AvgIpc) is 2.95. The van der Waals surface area contributed by atoms with Crippen LogP contribution in [0.5, 0.6) is 0 Å². The molecule has 3 atom stereocenters. The second kappa shape index (κ2) is 5.87. The molecule has 28 heavy (non-hydrogen) atoms. The third-order valence-corrected chi connectivity index (χ3v) is 9.10. The van der Waals surface area contributed by atoms with E-state index in [1.807, 2.05) is 11.8 Å². The van der Waals surface area contributed by atoms with E-state index in [4.69, 9.17) is 4.74 Å². The molecule has 0 unspecified atom stereocenters. The molecule has 3 aliphatic heterocycles. The molecule has 3 saturated heterocycles. The van der Waals surface area contributed by atoms with Crippen LogP contribution < -0.4 is 0 Å². The van der Waals surface area contributed by atoms with Crippen LogP contribution in [-0.4, -0.2) is 78.6 Å². The molecular weight excluding hydrogens is 354 g/mol. The zero-order chi connectivity index (χ0) is 19.1. The lowest BCUT2D eigenvalue weighted by Crippen LogP contribution is -2.62. The SMILES string of the molecule is CCOC(=O)N1CCC2(CC(N3C[C@@H]4[C@H](C3)[C@H]4C(=O)N3CC4(CCC4)C3)C2)C1. The van der Waals surface area contributed by atoms with Gasteiger partial charge in [0.15, 0.2) is 0 Å². The quantitative estimate of drug-likeness (QED) is 0.745.